The number of amides is 2. The SMILES string of the molecule is CC(=O)N1CCN(c2cc(Cl)nc(-n3ccnc3)n2)C(CC(=O)NC(C)c2ccc(OF)c(OF)c2)C1. The summed E-state index contributed by atoms with van der Waals surface area (Å²) in [4.78, 5) is 48.8. The van der Waals surface area contributed by atoms with Crippen molar-refractivity contribution in [3.05, 3.63) is 53.7 Å². The lowest BCUT2D eigenvalue weighted by Gasteiger charge is -2.41. The van der Waals surface area contributed by atoms with E-state index in [1.807, 2.05) is 4.90 Å². The van der Waals surface area contributed by atoms with Gasteiger partial charge in [0.2, 0.25) is 29.3 Å². The zero-order chi connectivity index (χ0) is 26.5. The van der Waals surface area contributed by atoms with Crippen molar-refractivity contribution < 1.29 is 28.5 Å². The summed E-state index contributed by atoms with van der Waals surface area (Å²) in [5.41, 5.74) is 0.472. The molecule has 0 saturated carbocycles. The number of nitrogens with one attached hydrogen (secondary N) is 1. The van der Waals surface area contributed by atoms with E-state index < -0.39 is 23.6 Å². The van der Waals surface area contributed by atoms with Crippen LogP contribution in [-0.4, -0.2) is 61.9 Å². The average molecular weight is 536 g/mol. The Labute approximate surface area is 215 Å². The minimum atomic E-state index is -0.558. The number of piperazine rings is 1. The molecule has 1 aliphatic heterocycles. The normalized spacial score (nSPS) is 16.3. The number of hydrogen-bond acceptors (Lipinski definition) is 8. The number of carbonyl (C=O) groups is 2. The molecule has 14 heteroatoms. The average Bonchev–Trinajstić information content (AvgIpc) is 3.43. The predicted molar refractivity (Wildman–Crippen MR) is 129 cm³/mol. The van der Waals surface area contributed by atoms with Gasteiger partial charge in [0.1, 0.15) is 17.3 Å². The van der Waals surface area contributed by atoms with Gasteiger partial charge < -0.3 is 15.1 Å². The number of rotatable bonds is 8. The minimum absolute atomic E-state index is 0.0221. The summed E-state index contributed by atoms with van der Waals surface area (Å²) in [6.07, 6.45) is 4.83. The van der Waals surface area contributed by atoms with Crippen molar-refractivity contribution in [2.75, 3.05) is 24.5 Å². The van der Waals surface area contributed by atoms with E-state index in [-0.39, 0.29) is 23.4 Å². The van der Waals surface area contributed by atoms with E-state index in [9.17, 15) is 18.6 Å². The summed E-state index contributed by atoms with van der Waals surface area (Å²) in [5, 5.41) is 3.05. The molecular formula is C23H24ClF2N7O4. The maximum Gasteiger partial charge on any atom is 0.238 e. The predicted octanol–water partition coefficient (Wildman–Crippen LogP) is 3.15. The third-order valence-corrected chi connectivity index (χ3v) is 6.25. The Morgan fingerprint density at radius 1 is 1.19 bits per heavy atom. The van der Waals surface area contributed by atoms with E-state index in [0.29, 0.717) is 37.0 Å². The first kappa shape index (κ1) is 26.1. The summed E-state index contributed by atoms with van der Waals surface area (Å²) < 4.78 is 26.9. The fraction of sp³-hybridized carbons (Fsp3) is 0.348. The van der Waals surface area contributed by atoms with E-state index in [1.165, 1.54) is 25.1 Å². The molecule has 2 aromatic heterocycles. The molecule has 0 bridgehead atoms. The number of imidazole rings is 1. The highest BCUT2D eigenvalue weighted by Crippen LogP contribution is 2.31. The Hall–Kier alpha value is -4.00. The van der Waals surface area contributed by atoms with Gasteiger partial charge in [-0.15, -0.1) is 0 Å². The number of anilines is 1. The summed E-state index contributed by atoms with van der Waals surface area (Å²) >= 11 is 6.28. The third-order valence-electron chi connectivity index (χ3n) is 6.06. The Bertz CT molecular complexity index is 1260. The molecule has 1 saturated heterocycles. The molecule has 2 unspecified atom stereocenters. The third kappa shape index (κ3) is 6.05. The van der Waals surface area contributed by atoms with Crippen LogP contribution in [0.2, 0.25) is 5.15 Å². The fourth-order valence-electron chi connectivity index (χ4n) is 4.17. The van der Waals surface area contributed by atoms with Crippen molar-refractivity contribution >= 4 is 29.2 Å². The summed E-state index contributed by atoms with van der Waals surface area (Å²) in [7, 11) is 0. The number of aromatic nitrogens is 4. The van der Waals surface area contributed by atoms with Gasteiger partial charge in [-0.3, -0.25) is 24.0 Å². The van der Waals surface area contributed by atoms with Crippen LogP contribution in [0, 0.1) is 0 Å². The van der Waals surface area contributed by atoms with Gasteiger partial charge >= 0.3 is 0 Å². The Morgan fingerprint density at radius 2 is 1.97 bits per heavy atom. The first-order valence-corrected chi connectivity index (χ1v) is 11.7. The molecular weight excluding hydrogens is 512 g/mol. The fourth-order valence-corrected chi connectivity index (χ4v) is 4.34. The number of halogens is 3. The largest absolute Gasteiger partial charge is 0.350 e. The van der Waals surface area contributed by atoms with E-state index in [4.69, 9.17) is 11.6 Å². The smallest absolute Gasteiger partial charge is 0.238 e. The van der Waals surface area contributed by atoms with Crippen LogP contribution in [0.15, 0.2) is 43.0 Å². The molecule has 1 N–H and O–H groups in total. The second-order valence-corrected chi connectivity index (χ2v) is 8.87. The molecule has 37 heavy (non-hydrogen) atoms. The quantitative estimate of drug-likeness (QED) is 0.438. The van der Waals surface area contributed by atoms with Crippen molar-refractivity contribution in [2.24, 2.45) is 0 Å². The first-order valence-electron chi connectivity index (χ1n) is 11.3. The van der Waals surface area contributed by atoms with Gasteiger partial charge in [-0.05, 0) is 24.6 Å². The molecule has 1 aromatic carbocycles. The highest BCUT2D eigenvalue weighted by Gasteiger charge is 2.32. The lowest BCUT2D eigenvalue weighted by molar-refractivity contribution is -0.130. The van der Waals surface area contributed by atoms with Crippen LogP contribution in [0.5, 0.6) is 11.5 Å². The van der Waals surface area contributed by atoms with Crippen LogP contribution in [0.25, 0.3) is 5.95 Å². The molecule has 2 atom stereocenters. The van der Waals surface area contributed by atoms with Crippen LogP contribution in [0.3, 0.4) is 0 Å². The summed E-state index contributed by atoms with van der Waals surface area (Å²) in [6.45, 7) is 4.32. The van der Waals surface area contributed by atoms with E-state index >= 15 is 0 Å². The van der Waals surface area contributed by atoms with Gasteiger partial charge in [-0.1, -0.05) is 17.7 Å². The molecule has 0 aliphatic carbocycles. The number of hydrogen-bond donors (Lipinski definition) is 1. The summed E-state index contributed by atoms with van der Waals surface area (Å²) in [5.74, 6) is -0.484. The van der Waals surface area contributed by atoms with Crippen LogP contribution < -0.4 is 20.1 Å². The van der Waals surface area contributed by atoms with Crippen molar-refractivity contribution in [3.63, 3.8) is 0 Å². The Kier molecular flexibility index (Phi) is 8.01. The number of benzene rings is 1. The highest BCUT2D eigenvalue weighted by atomic mass is 35.5. The monoisotopic (exact) mass is 535 g/mol. The molecule has 1 aliphatic rings. The molecule has 1 fully saturated rings. The molecule has 3 aromatic rings. The lowest BCUT2D eigenvalue weighted by Crippen LogP contribution is -2.56. The van der Waals surface area contributed by atoms with Gasteiger partial charge in [0, 0.05) is 60.5 Å². The zero-order valence-corrected chi connectivity index (χ0v) is 20.7. The standard InChI is InChI=1S/C23H24ClF2N7O4/c1-14(16-3-4-18(36-25)19(9-16)37-26)28-22(35)10-17-12-31(15(2)34)7-8-33(17)21-11-20(24)29-23(30-21)32-6-5-27-13-32/h3-6,9,11,13-14,17H,7-8,10,12H2,1-2H3,(H,28,35). The zero-order valence-electron chi connectivity index (χ0n) is 20.0. The van der Waals surface area contributed by atoms with Crippen LogP contribution in [0.4, 0.5) is 14.9 Å². The second kappa shape index (κ2) is 11.4. The van der Waals surface area contributed by atoms with Gasteiger partial charge in [0.15, 0.2) is 0 Å². The van der Waals surface area contributed by atoms with Crippen molar-refractivity contribution in [1.29, 1.82) is 0 Å². The molecule has 11 nitrogen and oxygen atoms in total. The maximum absolute atomic E-state index is 13.0. The van der Waals surface area contributed by atoms with Crippen molar-refractivity contribution in [2.45, 2.75) is 32.4 Å². The molecule has 3 heterocycles. The Balaban J connectivity index is 1.53. The van der Waals surface area contributed by atoms with Gasteiger partial charge in [0.25, 0.3) is 0 Å². The van der Waals surface area contributed by atoms with E-state index in [0.717, 1.165) is 0 Å². The van der Waals surface area contributed by atoms with Gasteiger partial charge in [0.05, 0.1) is 12.1 Å². The van der Waals surface area contributed by atoms with Crippen molar-refractivity contribution in [1.82, 2.24) is 29.7 Å². The molecule has 4 rings (SSSR count). The van der Waals surface area contributed by atoms with E-state index in [1.54, 1.807) is 41.2 Å². The highest BCUT2D eigenvalue weighted by molar-refractivity contribution is 6.29. The Morgan fingerprint density at radius 3 is 2.65 bits per heavy atom. The van der Waals surface area contributed by atoms with Crippen LogP contribution in [0.1, 0.15) is 31.9 Å². The molecule has 0 radical (unpaired) electrons. The molecule has 2 amide bonds. The summed E-state index contributed by atoms with van der Waals surface area (Å²) in [6, 6.07) is 4.53. The van der Waals surface area contributed by atoms with Gasteiger partial charge in [-0.25, -0.2) is 9.97 Å². The topological polar surface area (TPSA) is 115 Å². The second-order valence-electron chi connectivity index (χ2n) is 8.48. The van der Waals surface area contributed by atoms with Crippen molar-refractivity contribution in [3.8, 4) is 17.4 Å². The first-order chi connectivity index (χ1) is 17.8. The molecule has 196 valence electrons. The number of nitrogens with zero attached hydrogens (tertiary/aromatic N) is 6. The molecule has 0 spiro atoms. The lowest BCUT2D eigenvalue weighted by atomic mass is 10.1. The number of carbonyl (C=O) groups excluding carboxylic acids is 2. The maximum atomic E-state index is 13.0. The van der Waals surface area contributed by atoms with Crippen LogP contribution >= 0.6 is 11.6 Å². The van der Waals surface area contributed by atoms with Crippen LogP contribution in [-0.2, 0) is 9.59 Å². The minimum Gasteiger partial charge on any atom is -0.350 e. The van der Waals surface area contributed by atoms with E-state index in [2.05, 4.69) is 30.2 Å². The van der Waals surface area contributed by atoms with Gasteiger partial charge in [-0.2, -0.15) is 4.98 Å².